The lowest BCUT2D eigenvalue weighted by Gasteiger charge is -2.35. The molecule has 0 spiro atoms. The Morgan fingerprint density at radius 2 is 1.72 bits per heavy atom. The molecule has 1 aliphatic rings. The lowest BCUT2D eigenvalue weighted by molar-refractivity contribution is 0.311. The molecule has 0 aromatic heterocycles. The van der Waals surface area contributed by atoms with Crippen molar-refractivity contribution in [1.29, 1.82) is 0 Å². The van der Waals surface area contributed by atoms with Crippen molar-refractivity contribution in [3.63, 3.8) is 0 Å². The molecule has 0 unspecified atom stereocenters. The lowest BCUT2D eigenvalue weighted by Crippen LogP contribution is -2.35. The highest BCUT2D eigenvalue weighted by atomic mass is 15.1. The van der Waals surface area contributed by atoms with Gasteiger partial charge in [0.1, 0.15) is 0 Å². The Morgan fingerprint density at radius 3 is 2.28 bits per heavy atom. The third-order valence-electron chi connectivity index (χ3n) is 4.38. The molecule has 0 atom stereocenters. The molecule has 1 heterocycles. The minimum absolute atomic E-state index is 0.623. The molecule has 100 valence electrons. The standard InChI is InChI=1S/C17H27N/c1-13(2)15-8-10-18(11-9-15)17-7-5-6-16(12-17)14(3)4/h5-7,12-15H,8-11H2,1-4H3. The Hall–Kier alpha value is -0.980. The van der Waals surface area contributed by atoms with Crippen LogP contribution in [0.1, 0.15) is 52.0 Å². The van der Waals surface area contributed by atoms with Crippen molar-refractivity contribution in [2.24, 2.45) is 11.8 Å². The zero-order valence-corrected chi connectivity index (χ0v) is 12.3. The van der Waals surface area contributed by atoms with Crippen molar-refractivity contribution >= 4 is 5.69 Å². The molecule has 18 heavy (non-hydrogen) atoms. The van der Waals surface area contributed by atoms with Gasteiger partial charge in [-0.2, -0.15) is 0 Å². The summed E-state index contributed by atoms with van der Waals surface area (Å²) in [7, 11) is 0. The van der Waals surface area contributed by atoms with Gasteiger partial charge >= 0.3 is 0 Å². The van der Waals surface area contributed by atoms with Crippen LogP contribution in [0.5, 0.6) is 0 Å². The molecule has 1 aromatic rings. The van der Waals surface area contributed by atoms with Crippen LogP contribution in [-0.4, -0.2) is 13.1 Å². The van der Waals surface area contributed by atoms with Gasteiger partial charge in [-0.15, -0.1) is 0 Å². The topological polar surface area (TPSA) is 3.24 Å². The van der Waals surface area contributed by atoms with E-state index in [1.807, 2.05) is 0 Å². The zero-order chi connectivity index (χ0) is 13.1. The summed E-state index contributed by atoms with van der Waals surface area (Å²) >= 11 is 0. The van der Waals surface area contributed by atoms with Crippen LogP contribution in [-0.2, 0) is 0 Å². The summed E-state index contributed by atoms with van der Waals surface area (Å²) in [6.07, 6.45) is 2.70. The van der Waals surface area contributed by atoms with E-state index in [0.29, 0.717) is 5.92 Å². The van der Waals surface area contributed by atoms with E-state index in [-0.39, 0.29) is 0 Å². The van der Waals surface area contributed by atoms with Gasteiger partial charge in [0.2, 0.25) is 0 Å². The van der Waals surface area contributed by atoms with E-state index in [4.69, 9.17) is 0 Å². The average Bonchev–Trinajstić information content (AvgIpc) is 2.39. The van der Waals surface area contributed by atoms with Gasteiger partial charge in [-0.25, -0.2) is 0 Å². The van der Waals surface area contributed by atoms with Gasteiger partial charge in [0, 0.05) is 18.8 Å². The molecular formula is C17H27N. The Morgan fingerprint density at radius 1 is 1.06 bits per heavy atom. The third-order valence-corrected chi connectivity index (χ3v) is 4.38. The second-order valence-corrected chi connectivity index (χ2v) is 6.32. The lowest BCUT2D eigenvalue weighted by atomic mass is 9.86. The fourth-order valence-electron chi connectivity index (χ4n) is 2.90. The Labute approximate surface area is 112 Å². The molecule has 1 aromatic carbocycles. The summed E-state index contributed by atoms with van der Waals surface area (Å²) < 4.78 is 0. The van der Waals surface area contributed by atoms with Gasteiger partial charge in [0.05, 0.1) is 0 Å². The minimum atomic E-state index is 0.623. The summed E-state index contributed by atoms with van der Waals surface area (Å²) in [4.78, 5) is 2.56. The Bertz CT molecular complexity index is 373. The van der Waals surface area contributed by atoms with E-state index in [2.05, 4.69) is 56.9 Å². The maximum absolute atomic E-state index is 2.56. The Balaban J connectivity index is 2.03. The van der Waals surface area contributed by atoms with Crippen molar-refractivity contribution < 1.29 is 0 Å². The highest BCUT2D eigenvalue weighted by molar-refractivity contribution is 5.49. The first kappa shape index (κ1) is 13.5. The molecule has 0 aliphatic carbocycles. The summed E-state index contributed by atoms with van der Waals surface area (Å²) in [6.45, 7) is 11.7. The van der Waals surface area contributed by atoms with E-state index < -0.39 is 0 Å². The number of rotatable bonds is 3. The predicted octanol–water partition coefficient (Wildman–Crippen LogP) is 4.68. The first-order valence-electron chi connectivity index (χ1n) is 7.43. The first-order valence-corrected chi connectivity index (χ1v) is 7.43. The van der Waals surface area contributed by atoms with Crippen LogP contribution < -0.4 is 4.90 Å². The molecule has 1 nitrogen and oxygen atoms in total. The average molecular weight is 245 g/mol. The van der Waals surface area contributed by atoms with Gasteiger partial charge in [0.25, 0.3) is 0 Å². The largest absolute Gasteiger partial charge is 0.372 e. The van der Waals surface area contributed by atoms with Gasteiger partial charge < -0.3 is 4.90 Å². The molecular weight excluding hydrogens is 218 g/mol. The van der Waals surface area contributed by atoms with Crippen LogP contribution in [0, 0.1) is 11.8 Å². The number of benzene rings is 1. The molecule has 0 radical (unpaired) electrons. The highest BCUT2D eigenvalue weighted by Gasteiger charge is 2.21. The van der Waals surface area contributed by atoms with E-state index in [1.54, 1.807) is 0 Å². The SMILES string of the molecule is CC(C)c1cccc(N2CCC(C(C)C)CC2)c1. The van der Waals surface area contributed by atoms with Crippen LogP contribution in [0.4, 0.5) is 5.69 Å². The van der Waals surface area contributed by atoms with Crippen molar-refractivity contribution in [3.8, 4) is 0 Å². The molecule has 1 heteroatoms. The Kier molecular flexibility index (Phi) is 4.31. The van der Waals surface area contributed by atoms with Crippen LogP contribution in [0.2, 0.25) is 0 Å². The van der Waals surface area contributed by atoms with Crippen LogP contribution in [0.15, 0.2) is 24.3 Å². The smallest absolute Gasteiger partial charge is 0.0369 e. The number of piperidine rings is 1. The highest BCUT2D eigenvalue weighted by Crippen LogP contribution is 2.29. The summed E-state index contributed by atoms with van der Waals surface area (Å²) in [6, 6.07) is 9.09. The normalized spacial score (nSPS) is 17.8. The minimum Gasteiger partial charge on any atom is -0.372 e. The quantitative estimate of drug-likeness (QED) is 0.747. The van der Waals surface area contributed by atoms with Gasteiger partial charge in [-0.05, 0) is 48.3 Å². The van der Waals surface area contributed by atoms with Gasteiger partial charge in [-0.3, -0.25) is 0 Å². The van der Waals surface area contributed by atoms with Crippen molar-refractivity contribution in [2.75, 3.05) is 18.0 Å². The summed E-state index contributed by atoms with van der Waals surface area (Å²) in [5, 5.41) is 0. The molecule has 0 saturated carbocycles. The van der Waals surface area contributed by atoms with Crippen LogP contribution in [0.25, 0.3) is 0 Å². The predicted molar refractivity (Wildman–Crippen MR) is 80.3 cm³/mol. The van der Waals surface area contributed by atoms with Crippen molar-refractivity contribution in [1.82, 2.24) is 0 Å². The van der Waals surface area contributed by atoms with Crippen molar-refractivity contribution in [2.45, 2.75) is 46.5 Å². The van der Waals surface area contributed by atoms with Gasteiger partial charge in [-0.1, -0.05) is 39.8 Å². The number of hydrogen-bond acceptors (Lipinski definition) is 1. The van der Waals surface area contributed by atoms with Crippen LogP contribution in [0.3, 0.4) is 0 Å². The second-order valence-electron chi connectivity index (χ2n) is 6.32. The zero-order valence-electron chi connectivity index (χ0n) is 12.3. The molecule has 0 amide bonds. The summed E-state index contributed by atoms with van der Waals surface area (Å²) in [5.74, 6) is 2.39. The van der Waals surface area contributed by atoms with Crippen LogP contribution >= 0.6 is 0 Å². The maximum atomic E-state index is 2.56. The third kappa shape index (κ3) is 3.07. The number of anilines is 1. The fourth-order valence-corrected chi connectivity index (χ4v) is 2.90. The molecule has 0 bridgehead atoms. The summed E-state index contributed by atoms with van der Waals surface area (Å²) in [5.41, 5.74) is 2.88. The van der Waals surface area contributed by atoms with Gasteiger partial charge in [0.15, 0.2) is 0 Å². The molecule has 1 saturated heterocycles. The monoisotopic (exact) mass is 245 g/mol. The molecule has 1 fully saturated rings. The number of hydrogen-bond donors (Lipinski definition) is 0. The fraction of sp³-hybridized carbons (Fsp3) is 0.647. The number of nitrogens with zero attached hydrogens (tertiary/aromatic N) is 1. The van der Waals surface area contributed by atoms with E-state index >= 15 is 0 Å². The maximum Gasteiger partial charge on any atom is 0.0369 e. The van der Waals surface area contributed by atoms with E-state index in [9.17, 15) is 0 Å². The second kappa shape index (κ2) is 5.77. The molecule has 2 rings (SSSR count). The van der Waals surface area contributed by atoms with Crippen molar-refractivity contribution in [3.05, 3.63) is 29.8 Å². The molecule has 1 aliphatic heterocycles. The molecule has 0 N–H and O–H groups in total. The first-order chi connectivity index (χ1) is 8.58. The van der Waals surface area contributed by atoms with E-state index in [1.165, 1.54) is 37.2 Å². The van der Waals surface area contributed by atoms with E-state index in [0.717, 1.165) is 11.8 Å².